The first-order valence-electron chi connectivity index (χ1n) is 5.61. The van der Waals surface area contributed by atoms with Crippen molar-refractivity contribution in [3.63, 3.8) is 0 Å². The molecule has 0 aliphatic heterocycles. The minimum atomic E-state index is -0.261. The average molecular weight is 242 g/mol. The van der Waals surface area contributed by atoms with Gasteiger partial charge in [0.1, 0.15) is 11.3 Å². The number of fused-ring (bicyclic) bond motifs is 1. The fourth-order valence-electron chi connectivity index (χ4n) is 1.91. The van der Waals surface area contributed by atoms with Gasteiger partial charge in [-0.2, -0.15) is 0 Å². The van der Waals surface area contributed by atoms with E-state index >= 15 is 0 Å². The van der Waals surface area contributed by atoms with Gasteiger partial charge in [-0.1, -0.05) is 18.2 Å². The summed E-state index contributed by atoms with van der Waals surface area (Å²) in [5, 5.41) is 0. The lowest BCUT2D eigenvalue weighted by molar-refractivity contribution is 0.543. The Morgan fingerprint density at radius 1 is 1.17 bits per heavy atom. The van der Waals surface area contributed by atoms with E-state index in [1.54, 1.807) is 12.1 Å². The van der Waals surface area contributed by atoms with Gasteiger partial charge in [-0.15, -0.1) is 0 Å². The summed E-state index contributed by atoms with van der Waals surface area (Å²) in [6.45, 7) is 0. The van der Waals surface area contributed by atoms with Crippen molar-refractivity contribution in [2.24, 2.45) is 0 Å². The van der Waals surface area contributed by atoms with E-state index in [0.717, 1.165) is 5.56 Å². The minimum Gasteiger partial charge on any atom is -0.440 e. The van der Waals surface area contributed by atoms with Crippen molar-refractivity contribution in [1.82, 2.24) is 4.98 Å². The highest BCUT2D eigenvalue weighted by Gasteiger charge is 2.08. The van der Waals surface area contributed by atoms with Gasteiger partial charge >= 0.3 is 0 Å². The third-order valence-corrected chi connectivity index (χ3v) is 2.74. The van der Waals surface area contributed by atoms with Crippen LogP contribution in [0.25, 0.3) is 11.1 Å². The Balaban J connectivity index is 1.98. The van der Waals surface area contributed by atoms with Crippen LogP contribution in [0.3, 0.4) is 0 Å². The van der Waals surface area contributed by atoms with Crippen molar-refractivity contribution in [3.8, 4) is 0 Å². The normalized spacial score (nSPS) is 10.9. The molecule has 0 spiro atoms. The van der Waals surface area contributed by atoms with Crippen LogP contribution in [0, 0.1) is 5.82 Å². The van der Waals surface area contributed by atoms with E-state index in [1.807, 2.05) is 18.2 Å². The predicted molar refractivity (Wildman–Crippen MR) is 67.6 cm³/mol. The quantitative estimate of drug-likeness (QED) is 0.702. The Labute approximate surface area is 103 Å². The molecule has 2 N–H and O–H groups in total. The third-order valence-electron chi connectivity index (χ3n) is 2.74. The summed E-state index contributed by atoms with van der Waals surface area (Å²) in [5.74, 6) is 0.275. The van der Waals surface area contributed by atoms with Crippen molar-refractivity contribution in [2.75, 3.05) is 5.73 Å². The molecule has 3 rings (SSSR count). The van der Waals surface area contributed by atoms with E-state index in [0.29, 0.717) is 29.1 Å². The number of rotatable bonds is 2. The average Bonchev–Trinajstić information content (AvgIpc) is 2.73. The number of benzene rings is 2. The van der Waals surface area contributed by atoms with Gasteiger partial charge < -0.3 is 10.2 Å². The Kier molecular flexibility index (Phi) is 2.48. The molecule has 0 amide bonds. The molecular weight excluding hydrogens is 231 g/mol. The van der Waals surface area contributed by atoms with Gasteiger partial charge in [0.15, 0.2) is 11.5 Å². The van der Waals surface area contributed by atoms with Crippen LogP contribution in [0.2, 0.25) is 0 Å². The zero-order valence-corrected chi connectivity index (χ0v) is 9.56. The summed E-state index contributed by atoms with van der Waals surface area (Å²) < 4.78 is 18.6. The monoisotopic (exact) mass is 242 g/mol. The number of aromatic nitrogens is 1. The van der Waals surface area contributed by atoms with E-state index < -0.39 is 0 Å². The number of para-hydroxylation sites is 1. The molecule has 0 unspecified atom stereocenters. The highest BCUT2D eigenvalue weighted by molar-refractivity contribution is 5.85. The van der Waals surface area contributed by atoms with Gasteiger partial charge in [-0.25, -0.2) is 9.37 Å². The number of nitrogens with two attached hydrogens (primary N) is 1. The van der Waals surface area contributed by atoms with Gasteiger partial charge in [0.2, 0.25) is 0 Å². The van der Waals surface area contributed by atoms with Crippen molar-refractivity contribution >= 4 is 16.8 Å². The first-order chi connectivity index (χ1) is 8.72. The Morgan fingerprint density at radius 3 is 2.78 bits per heavy atom. The topological polar surface area (TPSA) is 52.0 Å². The van der Waals surface area contributed by atoms with Crippen LogP contribution < -0.4 is 5.73 Å². The number of nitrogen functional groups attached to an aromatic ring is 1. The molecule has 0 radical (unpaired) electrons. The van der Waals surface area contributed by atoms with Crippen LogP contribution in [0.5, 0.6) is 0 Å². The number of halogens is 1. The number of hydrogen-bond acceptors (Lipinski definition) is 3. The highest BCUT2D eigenvalue weighted by Crippen LogP contribution is 2.22. The van der Waals surface area contributed by atoms with E-state index in [-0.39, 0.29) is 5.82 Å². The SMILES string of the molecule is Nc1cccc2oc(Cc3cccc(F)c3)nc12. The van der Waals surface area contributed by atoms with Crippen LogP contribution in [0.15, 0.2) is 46.9 Å². The summed E-state index contributed by atoms with van der Waals surface area (Å²) in [6, 6.07) is 11.8. The molecule has 3 aromatic rings. The molecular formula is C14H11FN2O. The maximum absolute atomic E-state index is 13.1. The largest absolute Gasteiger partial charge is 0.440 e. The molecule has 1 aromatic heterocycles. The third kappa shape index (κ3) is 1.93. The lowest BCUT2D eigenvalue weighted by Gasteiger charge is -1.96. The van der Waals surface area contributed by atoms with Gasteiger partial charge in [-0.3, -0.25) is 0 Å². The fourth-order valence-corrected chi connectivity index (χ4v) is 1.91. The molecule has 3 nitrogen and oxygen atoms in total. The Morgan fingerprint density at radius 2 is 2.00 bits per heavy atom. The molecule has 0 atom stereocenters. The molecule has 18 heavy (non-hydrogen) atoms. The number of oxazole rings is 1. The van der Waals surface area contributed by atoms with Crippen molar-refractivity contribution in [1.29, 1.82) is 0 Å². The van der Waals surface area contributed by atoms with E-state index in [4.69, 9.17) is 10.2 Å². The molecule has 0 aliphatic carbocycles. The summed E-state index contributed by atoms with van der Waals surface area (Å²) >= 11 is 0. The predicted octanol–water partition coefficient (Wildman–Crippen LogP) is 3.14. The lowest BCUT2D eigenvalue weighted by Crippen LogP contribution is -1.89. The zero-order chi connectivity index (χ0) is 12.5. The van der Waals surface area contributed by atoms with Gasteiger partial charge in [-0.05, 0) is 29.8 Å². The second-order valence-electron chi connectivity index (χ2n) is 4.11. The van der Waals surface area contributed by atoms with Gasteiger partial charge in [0.25, 0.3) is 0 Å². The number of anilines is 1. The second kappa shape index (κ2) is 4.14. The second-order valence-corrected chi connectivity index (χ2v) is 4.11. The first kappa shape index (κ1) is 10.8. The molecule has 0 bridgehead atoms. The van der Waals surface area contributed by atoms with E-state index in [1.165, 1.54) is 12.1 Å². The fraction of sp³-hybridized carbons (Fsp3) is 0.0714. The Hall–Kier alpha value is -2.36. The van der Waals surface area contributed by atoms with Crippen molar-refractivity contribution in [3.05, 3.63) is 59.7 Å². The maximum Gasteiger partial charge on any atom is 0.199 e. The molecule has 90 valence electrons. The summed E-state index contributed by atoms with van der Waals surface area (Å²) in [5.41, 5.74) is 8.52. The highest BCUT2D eigenvalue weighted by atomic mass is 19.1. The van der Waals surface area contributed by atoms with Gasteiger partial charge in [0.05, 0.1) is 5.69 Å². The lowest BCUT2D eigenvalue weighted by atomic mass is 10.1. The molecule has 0 fully saturated rings. The number of nitrogens with zero attached hydrogens (tertiary/aromatic N) is 1. The van der Waals surface area contributed by atoms with Crippen LogP contribution in [0.1, 0.15) is 11.5 Å². The van der Waals surface area contributed by atoms with Crippen LogP contribution in [0.4, 0.5) is 10.1 Å². The molecule has 0 aliphatic rings. The molecule has 2 aromatic carbocycles. The van der Waals surface area contributed by atoms with Crippen molar-refractivity contribution in [2.45, 2.75) is 6.42 Å². The standard InChI is InChI=1S/C14H11FN2O/c15-10-4-1-3-9(7-10)8-13-17-14-11(16)5-2-6-12(14)18-13/h1-7H,8,16H2. The molecule has 4 heteroatoms. The van der Waals surface area contributed by atoms with Crippen LogP contribution >= 0.6 is 0 Å². The summed E-state index contributed by atoms with van der Waals surface area (Å²) in [4.78, 5) is 4.32. The summed E-state index contributed by atoms with van der Waals surface area (Å²) in [7, 11) is 0. The minimum absolute atomic E-state index is 0.261. The number of hydrogen-bond donors (Lipinski definition) is 1. The van der Waals surface area contributed by atoms with Gasteiger partial charge in [0, 0.05) is 6.42 Å². The molecule has 0 saturated heterocycles. The first-order valence-corrected chi connectivity index (χ1v) is 5.61. The molecule has 1 heterocycles. The summed E-state index contributed by atoms with van der Waals surface area (Å²) in [6.07, 6.45) is 0.450. The van der Waals surface area contributed by atoms with Crippen LogP contribution in [-0.2, 0) is 6.42 Å². The Bertz CT molecular complexity index is 706. The van der Waals surface area contributed by atoms with Crippen molar-refractivity contribution < 1.29 is 8.81 Å². The van der Waals surface area contributed by atoms with E-state index in [9.17, 15) is 4.39 Å². The van der Waals surface area contributed by atoms with E-state index in [2.05, 4.69) is 4.98 Å². The van der Waals surface area contributed by atoms with Crippen LogP contribution in [-0.4, -0.2) is 4.98 Å². The smallest absolute Gasteiger partial charge is 0.199 e. The zero-order valence-electron chi connectivity index (χ0n) is 9.56. The maximum atomic E-state index is 13.1. The molecule has 0 saturated carbocycles.